The number of hydrogen-bond donors (Lipinski definition) is 1. The smallest absolute Gasteiger partial charge is 0.275 e. The highest BCUT2D eigenvalue weighted by Crippen LogP contribution is 2.30. The molecule has 0 aliphatic heterocycles. The Morgan fingerprint density at radius 2 is 2.00 bits per heavy atom. The standard InChI is InChI=1S/C17H17NO4/c1-2-6-17(19)15-11-14(9-10-16(15)18(20)21)22-12-13-7-4-3-5-8-13/h2-11,17,19H,12H2,1H3/b6-2-. The van der Waals surface area contributed by atoms with Gasteiger partial charge >= 0.3 is 0 Å². The van der Waals surface area contributed by atoms with Crippen molar-refractivity contribution in [3.63, 3.8) is 0 Å². The van der Waals surface area contributed by atoms with Crippen molar-refractivity contribution in [3.05, 3.63) is 81.9 Å². The van der Waals surface area contributed by atoms with Gasteiger partial charge in [0.1, 0.15) is 18.5 Å². The summed E-state index contributed by atoms with van der Waals surface area (Å²) in [5, 5.41) is 21.1. The van der Waals surface area contributed by atoms with Gasteiger partial charge in [-0.3, -0.25) is 10.1 Å². The molecule has 0 fully saturated rings. The molecular formula is C17H17NO4. The molecular weight excluding hydrogens is 282 g/mol. The van der Waals surface area contributed by atoms with Gasteiger partial charge < -0.3 is 9.84 Å². The van der Waals surface area contributed by atoms with Gasteiger partial charge in [0.15, 0.2) is 0 Å². The van der Waals surface area contributed by atoms with Gasteiger partial charge in [0.25, 0.3) is 5.69 Å². The van der Waals surface area contributed by atoms with Crippen LogP contribution >= 0.6 is 0 Å². The molecule has 22 heavy (non-hydrogen) atoms. The van der Waals surface area contributed by atoms with Crippen LogP contribution in [0.25, 0.3) is 0 Å². The topological polar surface area (TPSA) is 72.6 Å². The van der Waals surface area contributed by atoms with Crippen molar-refractivity contribution < 1.29 is 14.8 Å². The molecule has 2 rings (SSSR count). The first kappa shape index (κ1) is 15.7. The molecule has 5 nitrogen and oxygen atoms in total. The van der Waals surface area contributed by atoms with Crippen LogP contribution in [0.15, 0.2) is 60.7 Å². The molecule has 0 aliphatic carbocycles. The molecule has 0 aliphatic rings. The maximum absolute atomic E-state index is 11.1. The van der Waals surface area contributed by atoms with Gasteiger partial charge in [-0.25, -0.2) is 0 Å². The number of aliphatic hydroxyl groups is 1. The van der Waals surface area contributed by atoms with E-state index in [-0.39, 0.29) is 11.3 Å². The fraction of sp³-hybridized carbons (Fsp3) is 0.176. The lowest BCUT2D eigenvalue weighted by atomic mass is 10.1. The first-order valence-electron chi connectivity index (χ1n) is 6.87. The van der Waals surface area contributed by atoms with E-state index in [2.05, 4.69) is 0 Å². The van der Waals surface area contributed by atoms with Crippen molar-refractivity contribution in [2.24, 2.45) is 0 Å². The minimum Gasteiger partial charge on any atom is -0.489 e. The Labute approximate surface area is 128 Å². The van der Waals surface area contributed by atoms with Gasteiger partial charge in [0.2, 0.25) is 0 Å². The third-order valence-electron chi connectivity index (χ3n) is 3.14. The zero-order valence-electron chi connectivity index (χ0n) is 12.2. The Kier molecular flexibility index (Phi) is 5.27. The van der Waals surface area contributed by atoms with E-state index < -0.39 is 11.0 Å². The minimum absolute atomic E-state index is 0.127. The third-order valence-corrected chi connectivity index (χ3v) is 3.14. The predicted molar refractivity (Wildman–Crippen MR) is 83.6 cm³/mol. The second kappa shape index (κ2) is 7.38. The number of hydrogen-bond acceptors (Lipinski definition) is 4. The second-order valence-electron chi connectivity index (χ2n) is 4.72. The van der Waals surface area contributed by atoms with E-state index in [9.17, 15) is 15.2 Å². The fourth-order valence-electron chi connectivity index (χ4n) is 2.05. The van der Waals surface area contributed by atoms with Gasteiger partial charge in [-0.05, 0) is 24.6 Å². The molecule has 114 valence electrons. The molecule has 1 N–H and O–H groups in total. The zero-order chi connectivity index (χ0) is 15.9. The van der Waals surface area contributed by atoms with E-state index in [1.54, 1.807) is 13.0 Å². The van der Waals surface area contributed by atoms with E-state index in [0.717, 1.165) is 5.56 Å². The number of rotatable bonds is 6. The molecule has 0 bridgehead atoms. The van der Waals surface area contributed by atoms with E-state index >= 15 is 0 Å². The molecule has 1 atom stereocenters. The summed E-state index contributed by atoms with van der Waals surface area (Å²) in [6, 6.07) is 14.0. The molecule has 2 aromatic rings. The van der Waals surface area contributed by atoms with Crippen molar-refractivity contribution in [3.8, 4) is 5.75 Å². The van der Waals surface area contributed by atoms with Crippen molar-refractivity contribution in [1.29, 1.82) is 0 Å². The zero-order valence-corrected chi connectivity index (χ0v) is 12.2. The molecule has 0 saturated heterocycles. The average molecular weight is 299 g/mol. The highest BCUT2D eigenvalue weighted by molar-refractivity contribution is 5.47. The quantitative estimate of drug-likeness (QED) is 0.500. The maximum atomic E-state index is 11.1. The minimum atomic E-state index is -1.04. The molecule has 2 aromatic carbocycles. The summed E-state index contributed by atoms with van der Waals surface area (Å²) >= 11 is 0. The van der Waals surface area contributed by atoms with Crippen molar-refractivity contribution in [2.45, 2.75) is 19.6 Å². The lowest BCUT2D eigenvalue weighted by Gasteiger charge is -2.11. The average Bonchev–Trinajstić information content (AvgIpc) is 2.53. The molecule has 5 heteroatoms. The number of nitrogens with zero attached hydrogens (tertiary/aromatic N) is 1. The van der Waals surface area contributed by atoms with Crippen LogP contribution in [0.1, 0.15) is 24.2 Å². The molecule has 1 unspecified atom stereocenters. The Bertz CT molecular complexity index is 668. The summed E-state index contributed by atoms with van der Waals surface area (Å²) in [7, 11) is 0. The Morgan fingerprint density at radius 1 is 1.27 bits per heavy atom. The third kappa shape index (κ3) is 3.93. The van der Waals surface area contributed by atoms with Crippen LogP contribution in [0.3, 0.4) is 0 Å². The van der Waals surface area contributed by atoms with Gasteiger partial charge in [0.05, 0.1) is 10.5 Å². The van der Waals surface area contributed by atoms with Crippen LogP contribution in [0.2, 0.25) is 0 Å². The molecule has 0 radical (unpaired) electrons. The summed E-state index contributed by atoms with van der Waals surface area (Å²) in [5.74, 6) is 0.480. The number of nitro benzene ring substituents is 1. The van der Waals surface area contributed by atoms with Crippen LogP contribution in [0, 0.1) is 10.1 Å². The molecule has 0 aromatic heterocycles. The van der Waals surface area contributed by atoms with E-state index in [0.29, 0.717) is 12.4 Å². The summed E-state index contributed by atoms with van der Waals surface area (Å²) in [6.45, 7) is 2.10. The maximum Gasteiger partial charge on any atom is 0.275 e. The van der Waals surface area contributed by atoms with Crippen molar-refractivity contribution >= 4 is 5.69 Å². The van der Waals surface area contributed by atoms with Crippen LogP contribution in [0.4, 0.5) is 5.69 Å². The Hall–Kier alpha value is -2.66. The van der Waals surface area contributed by atoms with Crippen LogP contribution in [0.5, 0.6) is 5.75 Å². The van der Waals surface area contributed by atoms with Crippen LogP contribution in [-0.2, 0) is 6.61 Å². The highest BCUT2D eigenvalue weighted by Gasteiger charge is 2.19. The number of ether oxygens (including phenoxy) is 1. The van der Waals surface area contributed by atoms with E-state index in [4.69, 9.17) is 4.74 Å². The molecule has 0 heterocycles. The summed E-state index contributed by atoms with van der Waals surface area (Å²) in [5.41, 5.74) is 1.09. The normalized spacial score (nSPS) is 12.3. The van der Waals surface area contributed by atoms with Crippen LogP contribution < -0.4 is 4.74 Å². The summed E-state index contributed by atoms with van der Waals surface area (Å²) in [4.78, 5) is 10.5. The van der Waals surface area contributed by atoms with Crippen molar-refractivity contribution in [1.82, 2.24) is 0 Å². The molecule has 0 spiro atoms. The van der Waals surface area contributed by atoms with Crippen LogP contribution in [-0.4, -0.2) is 10.0 Å². The number of allylic oxidation sites excluding steroid dienone is 1. The van der Waals surface area contributed by atoms with Gasteiger partial charge in [-0.1, -0.05) is 42.5 Å². The Morgan fingerprint density at radius 3 is 2.64 bits per heavy atom. The van der Waals surface area contributed by atoms with E-state index in [1.807, 2.05) is 30.3 Å². The first-order chi connectivity index (χ1) is 10.6. The largest absolute Gasteiger partial charge is 0.489 e. The SMILES string of the molecule is C/C=C\C(O)c1cc(OCc2ccccc2)ccc1[N+](=O)[O-]. The van der Waals surface area contributed by atoms with Gasteiger partial charge in [-0.2, -0.15) is 0 Å². The monoisotopic (exact) mass is 299 g/mol. The fourth-order valence-corrected chi connectivity index (χ4v) is 2.05. The summed E-state index contributed by atoms with van der Waals surface area (Å²) in [6.07, 6.45) is 2.10. The Balaban J connectivity index is 2.22. The van der Waals surface area contributed by atoms with Gasteiger partial charge in [-0.15, -0.1) is 0 Å². The number of aliphatic hydroxyl groups excluding tert-OH is 1. The number of benzene rings is 2. The summed E-state index contributed by atoms with van der Waals surface area (Å²) < 4.78 is 5.64. The first-order valence-corrected chi connectivity index (χ1v) is 6.87. The molecule has 0 amide bonds. The van der Waals surface area contributed by atoms with Gasteiger partial charge in [0, 0.05) is 6.07 Å². The van der Waals surface area contributed by atoms with E-state index in [1.165, 1.54) is 24.3 Å². The number of nitro groups is 1. The lowest BCUT2D eigenvalue weighted by Crippen LogP contribution is -2.02. The predicted octanol–water partition coefficient (Wildman–Crippen LogP) is 3.78. The second-order valence-corrected chi connectivity index (χ2v) is 4.72. The molecule has 0 saturated carbocycles. The van der Waals surface area contributed by atoms with Crippen molar-refractivity contribution in [2.75, 3.05) is 0 Å². The lowest BCUT2D eigenvalue weighted by molar-refractivity contribution is -0.386. The highest BCUT2D eigenvalue weighted by atomic mass is 16.6.